The molecular formula is C20H27F3N4O4. The highest BCUT2D eigenvalue weighted by Gasteiger charge is 2.48. The van der Waals surface area contributed by atoms with Crippen molar-refractivity contribution in [2.45, 2.75) is 44.1 Å². The highest BCUT2D eigenvalue weighted by atomic mass is 19.4. The zero-order valence-electron chi connectivity index (χ0n) is 17.4. The highest BCUT2D eigenvalue weighted by Crippen LogP contribution is 2.33. The third-order valence-corrected chi connectivity index (χ3v) is 6.10. The van der Waals surface area contributed by atoms with E-state index < -0.39 is 36.3 Å². The third-order valence-electron chi connectivity index (χ3n) is 6.10. The van der Waals surface area contributed by atoms with E-state index in [1.54, 1.807) is 6.07 Å². The summed E-state index contributed by atoms with van der Waals surface area (Å²) in [5.41, 5.74) is 0.0957. The molecule has 1 amide bonds. The van der Waals surface area contributed by atoms with Crippen LogP contribution in [0.2, 0.25) is 0 Å². The van der Waals surface area contributed by atoms with Gasteiger partial charge in [0.15, 0.2) is 0 Å². The molecule has 0 aliphatic carbocycles. The van der Waals surface area contributed by atoms with E-state index >= 15 is 0 Å². The van der Waals surface area contributed by atoms with Crippen LogP contribution < -0.4 is 15.4 Å². The standard InChI is InChI=1S/C20H27F3N4O4/c1-13-12-30-8-6-26(13)14-9-17(24-18(28)10-14)27-5-4-25(11-16(27)20(21,22)23)19(29)15-3-2-7-31-15/h9-10,13,15-16H,2-8,11-12H2,1H3,(H,24,28)/t13-,15?,16?/m1/s1. The van der Waals surface area contributed by atoms with Crippen LogP contribution in [0.3, 0.4) is 0 Å². The number of nitrogens with one attached hydrogen (secondary N) is 1. The molecule has 4 heterocycles. The third kappa shape index (κ3) is 4.67. The molecule has 3 aliphatic heterocycles. The lowest BCUT2D eigenvalue weighted by molar-refractivity contribution is -0.164. The van der Waals surface area contributed by atoms with Gasteiger partial charge in [-0.05, 0) is 19.8 Å². The lowest BCUT2D eigenvalue weighted by Crippen LogP contribution is -2.61. The first-order valence-electron chi connectivity index (χ1n) is 10.6. The van der Waals surface area contributed by atoms with Crippen molar-refractivity contribution >= 4 is 17.4 Å². The normalized spacial score (nSPS) is 27.6. The van der Waals surface area contributed by atoms with Crippen molar-refractivity contribution in [3.63, 3.8) is 0 Å². The average Bonchev–Trinajstić information content (AvgIpc) is 3.27. The number of carbonyl (C=O) groups excluding carboxylic acids is 1. The summed E-state index contributed by atoms with van der Waals surface area (Å²) in [6.45, 7) is 3.51. The van der Waals surface area contributed by atoms with Gasteiger partial charge in [0.05, 0.1) is 19.8 Å². The molecule has 8 nitrogen and oxygen atoms in total. The van der Waals surface area contributed by atoms with Crippen molar-refractivity contribution in [2.24, 2.45) is 0 Å². The van der Waals surface area contributed by atoms with Crippen LogP contribution in [0.25, 0.3) is 0 Å². The van der Waals surface area contributed by atoms with E-state index in [2.05, 4.69) is 4.98 Å². The number of aromatic nitrogens is 1. The van der Waals surface area contributed by atoms with Gasteiger partial charge in [-0.2, -0.15) is 13.2 Å². The molecule has 2 unspecified atom stereocenters. The molecule has 172 valence electrons. The van der Waals surface area contributed by atoms with Crippen LogP contribution in [0, 0.1) is 0 Å². The number of ether oxygens (including phenoxy) is 2. The summed E-state index contributed by atoms with van der Waals surface area (Å²) >= 11 is 0. The molecule has 31 heavy (non-hydrogen) atoms. The lowest BCUT2D eigenvalue weighted by atomic mass is 10.1. The minimum absolute atomic E-state index is 0.00249. The number of piperazine rings is 1. The van der Waals surface area contributed by atoms with Crippen molar-refractivity contribution in [1.82, 2.24) is 9.88 Å². The number of alkyl halides is 3. The number of anilines is 2. The predicted molar refractivity (Wildman–Crippen MR) is 107 cm³/mol. The molecule has 1 aromatic heterocycles. The number of rotatable bonds is 3. The Hall–Kier alpha value is -2.27. The molecule has 3 fully saturated rings. The van der Waals surface area contributed by atoms with Crippen LogP contribution in [0.15, 0.2) is 16.9 Å². The maximum Gasteiger partial charge on any atom is 0.410 e. The van der Waals surface area contributed by atoms with Crippen LogP contribution >= 0.6 is 0 Å². The van der Waals surface area contributed by atoms with Crippen LogP contribution in [0.4, 0.5) is 24.7 Å². The summed E-state index contributed by atoms with van der Waals surface area (Å²) < 4.78 is 52.7. The summed E-state index contributed by atoms with van der Waals surface area (Å²) in [4.78, 5) is 31.8. The average molecular weight is 444 g/mol. The highest BCUT2D eigenvalue weighted by molar-refractivity contribution is 5.81. The van der Waals surface area contributed by atoms with Gasteiger partial charge in [0.1, 0.15) is 18.0 Å². The first kappa shape index (κ1) is 21.9. The molecule has 3 saturated heterocycles. The first-order chi connectivity index (χ1) is 14.7. The van der Waals surface area contributed by atoms with E-state index in [0.717, 1.165) is 11.3 Å². The second-order valence-electron chi connectivity index (χ2n) is 8.24. The lowest BCUT2D eigenvalue weighted by Gasteiger charge is -2.43. The number of carbonyl (C=O) groups is 1. The summed E-state index contributed by atoms with van der Waals surface area (Å²) in [6, 6.07) is 1.06. The first-order valence-corrected chi connectivity index (χ1v) is 10.6. The molecule has 3 atom stereocenters. The summed E-state index contributed by atoms with van der Waals surface area (Å²) in [5.74, 6) is -0.288. The fraction of sp³-hybridized carbons (Fsp3) is 0.700. The quantitative estimate of drug-likeness (QED) is 0.759. The molecule has 0 spiro atoms. The number of morpholine rings is 1. The Labute approximate surface area is 177 Å². The Morgan fingerprint density at radius 1 is 1.16 bits per heavy atom. The molecule has 11 heteroatoms. The van der Waals surface area contributed by atoms with Crippen LogP contribution in [0.1, 0.15) is 19.8 Å². The zero-order valence-corrected chi connectivity index (χ0v) is 17.4. The van der Waals surface area contributed by atoms with E-state index in [-0.39, 0.29) is 24.9 Å². The van der Waals surface area contributed by atoms with E-state index in [9.17, 15) is 22.8 Å². The van der Waals surface area contributed by atoms with Gasteiger partial charge in [-0.25, -0.2) is 0 Å². The number of amides is 1. The Morgan fingerprint density at radius 3 is 2.65 bits per heavy atom. The van der Waals surface area contributed by atoms with Gasteiger partial charge in [-0.3, -0.25) is 9.59 Å². The summed E-state index contributed by atoms with van der Waals surface area (Å²) in [7, 11) is 0. The van der Waals surface area contributed by atoms with E-state index in [1.165, 1.54) is 11.0 Å². The van der Waals surface area contributed by atoms with Gasteiger partial charge in [0.2, 0.25) is 0 Å². The second kappa shape index (κ2) is 8.70. The molecule has 4 rings (SSSR count). The Kier molecular flexibility index (Phi) is 6.16. The van der Waals surface area contributed by atoms with Gasteiger partial charge >= 0.3 is 6.18 Å². The van der Waals surface area contributed by atoms with Gasteiger partial charge in [-0.15, -0.1) is 0 Å². The van der Waals surface area contributed by atoms with Gasteiger partial charge < -0.3 is 29.2 Å². The van der Waals surface area contributed by atoms with Crippen LogP contribution in [-0.4, -0.2) is 86.2 Å². The Morgan fingerprint density at radius 2 is 1.97 bits per heavy atom. The molecule has 0 saturated carbocycles. The Balaban J connectivity index is 1.59. The van der Waals surface area contributed by atoms with Gasteiger partial charge in [-0.1, -0.05) is 0 Å². The number of H-pyrrole nitrogens is 1. The largest absolute Gasteiger partial charge is 0.410 e. The maximum atomic E-state index is 14.0. The molecule has 0 radical (unpaired) electrons. The predicted octanol–water partition coefficient (Wildman–Crippen LogP) is 1.36. The topological polar surface area (TPSA) is 78.1 Å². The fourth-order valence-electron chi connectivity index (χ4n) is 4.47. The fourth-order valence-corrected chi connectivity index (χ4v) is 4.47. The summed E-state index contributed by atoms with van der Waals surface area (Å²) in [6.07, 6.45) is -3.98. The van der Waals surface area contributed by atoms with Crippen molar-refractivity contribution in [2.75, 3.05) is 55.8 Å². The second-order valence-corrected chi connectivity index (χ2v) is 8.24. The van der Waals surface area contributed by atoms with E-state index in [0.29, 0.717) is 38.5 Å². The summed E-state index contributed by atoms with van der Waals surface area (Å²) in [5, 5.41) is 0. The van der Waals surface area contributed by atoms with Crippen molar-refractivity contribution in [3.8, 4) is 0 Å². The van der Waals surface area contributed by atoms with Crippen molar-refractivity contribution in [1.29, 1.82) is 0 Å². The van der Waals surface area contributed by atoms with Crippen LogP contribution in [-0.2, 0) is 14.3 Å². The number of hydrogen-bond acceptors (Lipinski definition) is 6. The van der Waals surface area contributed by atoms with Gasteiger partial charge in [0.25, 0.3) is 11.5 Å². The zero-order chi connectivity index (χ0) is 22.2. The molecule has 1 aromatic rings. The maximum absolute atomic E-state index is 14.0. The van der Waals surface area contributed by atoms with E-state index in [4.69, 9.17) is 9.47 Å². The van der Waals surface area contributed by atoms with Crippen molar-refractivity contribution in [3.05, 3.63) is 22.5 Å². The molecule has 0 aromatic carbocycles. The molecule has 0 bridgehead atoms. The smallest absolute Gasteiger partial charge is 0.377 e. The number of pyridine rings is 1. The monoisotopic (exact) mass is 444 g/mol. The number of hydrogen-bond donors (Lipinski definition) is 1. The molecule has 3 aliphatic rings. The molecular weight excluding hydrogens is 417 g/mol. The minimum Gasteiger partial charge on any atom is -0.377 e. The molecule has 1 N–H and O–H groups in total. The number of halogens is 3. The SMILES string of the molecule is C[C@@H]1COCCN1c1cc(N2CCN(C(=O)C3CCCO3)CC2C(F)(F)F)[nH]c(=O)c1. The number of aromatic amines is 1. The van der Waals surface area contributed by atoms with Crippen LogP contribution in [0.5, 0.6) is 0 Å². The van der Waals surface area contributed by atoms with Crippen molar-refractivity contribution < 1.29 is 27.4 Å². The minimum atomic E-state index is -4.57. The van der Waals surface area contributed by atoms with E-state index in [1.807, 2.05) is 11.8 Å². The number of nitrogens with zero attached hydrogens (tertiary/aromatic N) is 3. The Bertz CT molecular complexity index is 856. The van der Waals surface area contributed by atoms with Gasteiger partial charge in [0, 0.05) is 50.1 Å².